The van der Waals surface area contributed by atoms with Crippen molar-refractivity contribution in [3.63, 3.8) is 0 Å². The second-order valence-electron chi connectivity index (χ2n) is 6.27. The number of carbonyl (C=O) groups excluding carboxylic acids is 1. The minimum absolute atomic E-state index is 0.0383. The molecule has 0 radical (unpaired) electrons. The second kappa shape index (κ2) is 6.32. The van der Waals surface area contributed by atoms with E-state index in [1.54, 1.807) is 11.8 Å². The van der Waals surface area contributed by atoms with Crippen molar-refractivity contribution in [1.29, 1.82) is 0 Å². The molecule has 1 atom stereocenters. The third-order valence-electron chi connectivity index (χ3n) is 4.88. The SMILES string of the molecule is O=C(NCC1(C(=O)O)CCCCC1)C1CSc2ccccc21. The van der Waals surface area contributed by atoms with Crippen LogP contribution in [-0.2, 0) is 9.59 Å². The van der Waals surface area contributed by atoms with Crippen molar-refractivity contribution in [2.45, 2.75) is 42.9 Å². The van der Waals surface area contributed by atoms with Crippen LogP contribution >= 0.6 is 11.8 Å². The highest BCUT2D eigenvalue weighted by molar-refractivity contribution is 7.99. The lowest BCUT2D eigenvalue weighted by molar-refractivity contribution is -0.151. The first-order chi connectivity index (χ1) is 10.6. The van der Waals surface area contributed by atoms with Gasteiger partial charge >= 0.3 is 5.97 Å². The summed E-state index contributed by atoms with van der Waals surface area (Å²) in [7, 11) is 0. The lowest BCUT2D eigenvalue weighted by Crippen LogP contribution is -2.45. The normalized spacial score (nSPS) is 22.8. The molecule has 1 aliphatic heterocycles. The standard InChI is InChI=1S/C17H21NO3S/c19-15(13-10-22-14-7-3-2-6-12(13)14)18-11-17(16(20)21)8-4-1-5-9-17/h2-3,6-7,13H,1,4-5,8-11H2,(H,18,19)(H,20,21). The van der Waals surface area contributed by atoms with Gasteiger partial charge in [0.05, 0.1) is 11.3 Å². The van der Waals surface area contributed by atoms with E-state index in [0.717, 1.165) is 35.5 Å². The molecule has 1 aromatic rings. The number of fused-ring (bicyclic) bond motifs is 1. The van der Waals surface area contributed by atoms with E-state index in [2.05, 4.69) is 5.32 Å². The number of rotatable bonds is 4. The molecule has 0 aromatic heterocycles. The predicted octanol–water partition coefficient (Wildman–Crippen LogP) is 3.03. The van der Waals surface area contributed by atoms with Gasteiger partial charge in [-0.1, -0.05) is 37.5 Å². The second-order valence-corrected chi connectivity index (χ2v) is 7.33. The van der Waals surface area contributed by atoms with Gasteiger partial charge in [-0.15, -0.1) is 11.8 Å². The van der Waals surface area contributed by atoms with Gasteiger partial charge in [-0.25, -0.2) is 0 Å². The molecule has 1 amide bonds. The molecule has 2 N–H and O–H groups in total. The van der Waals surface area contributed by atoms with Crippen LogP contribution in [-0.4, -0.2) is 29.3 Å². The van der Waals surface area contributed by atoms with Gasteiger partial charge in [-0.05, 0) is 24.5 Å². The van der Waals surface area contributed by atoms with Gasteiger partial charge < -0.3 is 10.4 Å². The maximum Gasteiger partial charge on any atom is 0.311 e. The van der Waals surface area contributed by atoms with Crippen LogP contribution in [0.2, 0.25) is 0 Å². The van der Waals surface area contributed by atoms with E-state index < -0.39 is 11.4 Å². The number of amides is 1. The van der Waals surface area contributed by atoms with Crippen LogP contribution in [0.4, 0.5) is 0 Å². The summed E-state index contributed by atoms with van der Waals surface area (Å²) in [5, 5.41) is 12.5. The fourth-order valence-electron chi connectivity index (χ4n) is 3.45. The van der Waals surface area contributed by atoms with Gasteiger partial charge in [0.15, 0.2) is 0 Å². The van der Waals surface area contributed by atoms with Crippen LogP contribution in [0.5, 0.6) is 0 Å². The molecule has 0 spiro atoms. The minimum Gasteiger partial charge on any atom is -0.481 e. The van der Waals surface area contributed by atoms with E-state index in [4.69, 9.17) is 0 Å². The predicted molar refractivity (Wildman–Crippen MR) is 86.1 cm³/mol. The first kappa shape index (κ1) is 15.4. The molecule has 2 aliphatic rings. The number of carboxylic acid groups (broad SMARTS) is 1. The quantitative estimate of drug-likeness (QED) is 0.895. The fraction of sp³-hybridized carbons (Fsp3) is 0.529. The topological polar surface area (TPSA) is 66.4 Å². The first-order valence-electron chi connectivity index (χ1n) is 7.85. The molecule has 4 nitrogen and oxygen atoms in total. The number of hydrogen-bond donors (Lipinski definition) is 2. The van der Waals surface area contributed by atoms with Gasteiger partial charge in [-0.3, -0.25) is 9.59 Å². The minimum atomic E-state index is -0.770. The smallest absolute Gasteiger partial charge is 0.311 e. The van der Waals surface area contributed by atoms with Crippen LogP contribution in [0.25, 0.3) is 0 Å². The molecule has 5 heteroatoms. The molecule has 1 aromatic carbocycles. The van der Waals surface area contributed by atoms with Crippen molar-refractivity contribution in [3.8, 4) is 0 Å². The van der Waals surface area contributed by atoms with Crippen LogP contribution in [0, 0.1) is 5.41 Å². The molecule has 118 valence electrons. The maximum atomic E-state index is 12.5. The third kappa shape index (κ3) is 2.86. The summed E-state index contributed by atoms with van der Waals surface area (Å²) in [6.07, 6.45) is 4.29. The highest BCUT2D eigenvalue weighted by Gasteiger charge is 2.40. The van der Waals surface area contributed by atoms with E-state index >= 15 is 0 Å². The van der Waals surface area contributed by atoms with E-state index in [1.165, 1.54) is 0 Å². The van der Waals surface area contributed by atoms with Gasteiger partial charge in [-0.2, -0.15) is 0 Å². The largest absolute Gasteiger partial charge is 0.481 e. The lowest BCUT2D eigenvalue weighted by atomic mass is 9.74. The molecule has 22 heavy (non-hydrogen) atoms. The summed E-state index contributed by atoms with van der Waals surface area (Å²) in [5.74, 6) is -0.224. The summed E-state index contributed by atoms with van der Waals surface area (Å²) >= 11 is 1.69. The van der Waals surface area contributed by atoms with Crippen LogP contribution in [0.15, 0.2) is 29.2 Å². The van der Waals surface area contributed by atoms with Crippen molar-refractivity contribution >= 4 is 23.6 Å². The highest BCUT2D eigenvalue weighted by atomic mass is 32.2. The van der Waals surface area contributed by atoms with Gasteiger partial charge in [0.1, 0.15) is 0 Å². The zero-order valence-corrected chi connectivity index (χ0v) is 13.3. The van der Waals surface area contributed by atoms with Crippen LogP contribution in [0.1, 0.15) is 43.6 Å². The van der Waals surface area contributed by atoms with Crippen molar-refractivity contribution in [1.82, 2.24) is 5.32 Å². The molecule has 0 saturated heterocycles. The molecule has 1 aliphatic carbocycles. The summed E-state index contributed by atoms with van der Waals surface area (Å²) in [4.78, 5) is 25.3. The van der Waals surface area contributed by atoms with Crippen molar-refractivity contribution in [2.24, 2.45) is 5.41 Å². The van der Waals surface area contributed by atoms with Gasteiger partial charge in [0.2, 0.25) is 5.91 Å². The average Bonchev–Trinajstić information content (AvgIpc) is 2.97. The monoisotopic (exact) mass is 319 g/mol. The van der Waals surface area contributed by atoms with Gasteiger partial charge in [0.25, 0.3) is 0 Å². The molecule has 1 unspecified atom stereocenters. The average molecular weight is 319 g/mol. The molecule has 0 bridgehead atoms. The van der Waals surface area contributed by atoms with E-state index in [9.17, 15) is 14.7 Å². The van der Waals surface area contributed by atoms with Crippen LogP contribution < -0.4 is 5.32 Å². The number of thioether (sulfide) groups is 1. The Balaban J connectivity index is 1.66. The number of carbonyl (C=O) groups is 2. The third-order valence-corrected chi connectivity index (χ3v) is 6.06. The number of hydrogen-bond acceptors (Lipinski definition) is 3. The van der Waals surface area contributed by atoms with Crippen LogP contribution in [0.3, 0.4) is 0 Å². The fourth-order valence-corrected chi connectivity index (χ4v) is 4.68. The zero-order chi connectivity index (χ0) is 15.6. The molecular formula is C17H21NO3S. The Morgan fingerprint density at radius 1 is 1.23 bits per heavy atom. The number of nitrogens with one attached hydrogen (secondary N) is 1. The number of aliphatic carboxylic acids is 1. The maximum absolute atomic E-state index is 12.5. The summed E-state index contributed by atoms with van der Waals surface area (Å²) < 4.78 is 0. The van der Waals surface area contributed by atoms with Crippen molar-refractivity contribution < 1.29 is 14.7 Å². The molecular weight excluding hydrogens is 298 g/mol. The van der Waals surface area contributed by atoms with E-state index in [0.29, 0.717) is 12.8 Å². The Labute approximate surface area is 134 Å². The van der Waals surface area contributed by atoms with E-state index in [1.807, 2.05) is 24.3 Å². The van der Waals surface area contributed by atoms with Gasteiger partial charge in [0, 0.05) is 17.2 Å². The number of benzene rings is 1. The number of carboxylic acids is 1. The Morgan fingerprint density at radius 3 is 2.68 bits per heavy atom. The Hall–Kier alpha value is -1.49. The molecule has 1 fully saturated rings. The Kier molecular flexibility index (Phi) is 4.43. The summed E-state index contributed by atoms with van der Waals surface area (Å²) in [5.41, 5.74) is 0.303. The molecule has 3 rings (SSSR count). The Morgan fingerprint density at radius 2 is 1.95 bits per heavy atom. The Bertz CT molecular complexity index is 581. The zero-order valence-electron chi connectivity index (χ0n) is 12.5. The van der Waals surface area contributed by atoms with E-state index in [-0.39, 0.29) is 18.4 Å². The lowest BCUT2D eigenvalue weighted by Gasteiger charge is -2.33. The molecule has 1 saturated carbocycles. The first-order valence-corrected chi connectivity index (χ1v) is 8.84. The molecule has 1 heterocycles. The summed E-state index contributed by atoms with van der Waals surface area (Å²) in [6, 6.07) is 7.96. The summed E-state index contributed by atoms with van der Waals surface area (Å²) in [6.45, 7) is 0.254. The van der Waals surface area contributed by atoms with Crippen molar-refractivity contribution in [3.05, 3.63) is 29.8 Å². The highest BCUT2D eigenvalue weighted by Crippen LogP contribution is 2.40. The van der Waals surface area contributed by atoms with Crippen molar-refractivity contribution in [2.75, 3.05) is 12.3 Å².